The lowest BCUT2D eigenvalue weighted by molar-refractivity contribution is -0.0854. The van der Waals surface area contributed by atoms with E-state index in [0.717, 1.165) is 6.42 Å². The Labute approximate surface area is 139 Å². The molecule has 132 valence electrons. The van der Waals surface area contributed by atoms with Gasteiger partial charge in [-0.3, -0.25) is 0 Å². The minimum Gasteiger partial charge on any atom is -0.352 e. The van der Waals surface area contributed by atoms with E-state index >= 15 is 0 Å². The topological polar surface area (TPSA) is 18.5 Å². The van der Waals surface area contributed by atoms with Gasteiger partial charge in [-0.1, -0.05) is 90.6 Å². The maximum absolute atomic E-state index is 5.72. The number of rotatable bonds is 18. The Morgan fingerprint density at radius 2 is 1.36 bits per heavy atom. The maximum Gasteiger partial charge on any atom is 0.147 e. The second kappa shape index (κ2) is 18.7. The highest BCUT2D eigenvalue weighted by Crippen LogP contribution is 2.14. The standard InChI is InChI=1S/C20H40O2/c1-4-7-8-9-10-11-12-13-14-15-16-17-20(6-3)22-19-21-18-5-2/h5,20H,2,4,6-19H2,1,3H3. The summed E-state index contributed by atoms with van der Waals surface area (Å²) in [6, 6.07) is 0. The van der Waals surface area contributed by atoms with Gasteiger partial charge >= 0.3 is 0 Å². The third-order valence-corrected chi connectivity index (χ3v) is 4.21. The van der Waals surface area contributed by atoms with Crippen molar-refractivity contribution in [3.63, 3.8) is 0 Å². The second-order valence-corrected chi connectivity index (χ2v) is 6.30. The predicted molar refractivity (Wildman–Crippen MR) is 97.3 cm³/mol. The molecule has 0 saturated carbocycles. The van der Waals surface area contributed by atoms with Crippen molar-refractivity contribution in [1.29, 1.82) is 0 Å². The zero-order valence-electron chi connectivity index (χ0n) is 15.3. The first-order chi connectivity index (χ1) is 10.8. The van der Waals surface area contributed by atoms with Crippen LogP contribution < -0.4 is 0 Å². The predicted octanol–water partition coefficient (Wildman–Crippen LogP) is 6.64. The lowest BCUT2D eigenvalue weighted by atomic mass is 10.0. The van der Waals surface area contributed by atoms with Gasteiger partial charge in [-0.25, -0.2) is 0 Å². The molecule has 0 radical (unpaired) electrons. The molecule has 0 N–H and O–H groups in total. The van der Waals surface area contributed by atoms with Crippen molar-refractivity contribution in [3.05, 3.63) is 12.7 Å². The van der Waals surface area contributed by atoms with Crippen molar-refractivity contribution in [2.45, 2.75) is 103 Å². The van der Waals surface area contributed by atoms with Crippen LogP contribution in [0.5, 0.6) is 0 Å². The normalized spacial score (nSPS) is 12.5. The van der Waals surface area contributed by atoms with Crippen LogP contribution >= 0.6 is 0 Å². The van der Waals surface area contributed by atoms with Crippen LogP contribution in [0.25, 0.3) is 0 Å². The molecule has 0 aliphatic carbocycles. The molecule has 0 heterocycles. The fraction of sp³-hybridized carbons (Fsp3) is 0.900. The smallest absolute Gasteiger partial charge is 0.147 e. The Bertz CT molecular complexity index is 216. The van der Waals surface area contributed by atoms with E-state index in [1.807, 2.05) is 0 Å². The summed E-state index contributed by atoms with van der Waals surface area (Å²) in [6.45, 7) is 9.08. The molecule has 1 atom stereocenters. The van der Waals surface area contributed by atoms with Gasteiger partial charge < -0.3 is 9.47 Å². The van der Waals surface area contributed by atoms with Gasteiger partial charge in [-0.05, 0) is 12.8 Å². The van der Waals surface area contributed by atoms with E-state index in [9.17, 15) is 0 Å². The van der Waals surface area contributed by atoms with E-state index in [4.69, 9.17) is 9.47 Å². The van der Waals surface area contributed by atoms with E-state index in [1.165, 1.54) is 77.0 Å². The molecule has 0 spiro atoms. The van der Waals surface area contributed by atoms with Crippen molar-refractivity contribution < 1.29 is 9.47 Å². The van der Waals surface area contributed by atoms with Gasteiger partial charge in [0.15, 0.2) is 0 Å². The van der Waals surface area contributed by atoms with Gasteiger partial charge in [0.25, 0.3) is 0 Å². The molecule has 22 heavy (non-hydrogen) atoms. The molecule has 0 aromatic carbocycles. The average molecular weight is 313 g/mol. The molecule has 1 unspecified atom stereocenters. The highest BCUT2D eigenvalue weighted by molar-refractivity contribution is 4.63. The summed E-state index contributed by atoms with van der Waals surface area (Å²) in [5, 5.41) is 0. The third kappa shape index (κ3) is 16.0. The lowest BCUT2D eigenvalue weighted by Crippen LogP contribution is -2.14. The first-order valence-corrected chi connectivity index (χ1v) is 9.65. The van der Waals surface area contributed by atoms with Crippen LogP contribution in [-0.4, -0.2) is 19.5 Å². The molecule has 0 saturated heterocycles. The van der Waals surface area contributed by atoms with Gasteiger partial charge in [-0.15, -0.1) is 6.58 Å². The molecule has 0 rings (SSSR count). The molecule has 0 aromatic heterocycles. The Hall–Kier alpha value is -0.340. The fourth-order valence-electron chi connectivity index (χ4n) is 2.72. The first-order valence-electron chi connectivity index (χ1n) is 9.65. The minimum absolute atomic E-state index is 0.364. The van der Waals surface area contributed by atoms with E-state index in [-0.39, 0.29) is 0 Å². The number of hydrogen-bond acceptors (Lipinski definition) is 2. The van der Waals surface area contributed by atoms with Crippen molar-refractivity contribution in [2.24, 2.45) is 0 Å². The van der Waals surface area contributed by atoms with Gasteiger partial charge in [0.1, 0.15) is 6.79 Å². The summed E-state index contributed by atoms with van der Waals surface area (Å²) in [4.78, 5) is 0. The zero-order valence-corrected chi connectivity index (χ0v) is 15.3. The summed E-state index contributed by atoms with van der Waals surface area (Å²) in [5.74, 6) is 0. The third-order valence-electron chi connectivity index (χ3n) is 4.21. The number of hydrogen-bond donors (Lipinski definition) is 0. The molecular weight excluding hydrogens is 272 g/mol. The van der Waals surface area contributed by atoms with Crippen molar-refractivity contribution in [1.82, 2.24) is 0 Å². The van der Waals surface area contributed by atoms with Crippen molar-refractivity contribution in [2.75, 3.05) is 13.4 Å². The quantitative estimate of drug-likeness (QED) is 0.160. The Kier molecular flexibility index (Phi) is 18.4. The molecule has 0 aliphatic rings. The van der Waals surface area contributed by atoms with Crippen LogP contribution in [-0.2, 0) is 9.47 Å². The van der Waals surface area contributed by atoms with Crippen molar-refractivity contribution >= 4 is 0 Å². The summed E-state index contributed by atoms with van der Waals surface area (Å²) >= 11 is 0. The first kappa shape index (κ1) is 21.7. The van der Waals surface area contributed by atoms with Gasteiger partial charge in [0.2, 0.25) is 0 Å². The highest BCUT2D eigenvalue weighted by Gasteiger charge is 2.05. The van der Waals surface area contributed by atoms with E-state index < -0.39 is 0 Å². The van der Waals surface area contributed by atoms with Crippen LogP contribution in [0.1, 0.15) is 97.3 Å². The summed E-state index contributed by atoms with van der Waals surface area (Å²) < 4.78 is 11.0. The monoisotopic (exact) mass is 312 g/mol. The van der Waals surface area contributed by atoms with Crippen LogP contribution in [0.2, 0.25) is 0 Å². The SMILES string of the molecule is C=CCOCOC(CC)CCCCCCCCCCCCC. The van der Waals surface area contributed by atoms with Gasteiger partial charge in [-0.2, -0.15) is 0 Å². The molecule has 0 aliphatic heterocycles. The maximum atomic E-state index is 5.72. The van der Waals surface area contributed by atoms with Crippen LogP contribution in [0, 0.1) is 0 Å². The molecule has 0 aromatic rings. The number of unbranched alkanes of at least 4 members (excludes halogenated alkanes) is 10. The molecule has 0 amide bonds. The molecule has 0 fully saturated rings. The molecule has 0 bridgehead atoms. The van der Waals surface area contributed by atoms with Gasteiger partial charge in [0.05, 0.1) is 12.7 Å². The molecule has 2 nitrogen and oxygen atoms in total. The van der Waals surface area contributed by atoms with E-state index in [2.05, 4.69) is 20.4 Å². The van der Waals surface area contributed by atoms with Crippen LogP contribution in [0.3, 0.4) is 0 Å². The second-order valence-electron chi connectivity index (χ2n) is 6.30. The van der Waals surface area contributed by atoms with Crippen molar-refractivity contribution in [3.8, 4) is 0 Å². The van der Waals surface area contributed by atoms with E-state index in [1.54, 1.807) is 6.08 Å². The summed E-state index contributed by atoms with van der Waals surface area (Å²) in [5.41, 5.74) is 0. The molecular formula is C20H40O2. The van der Waals surface area contributed by atoms with Crippen LogP contribution in [0.4, 0.5) is 0 Å². The van der Waals surface area contributed by atoms with Crippen LogP contribution in [0.15, 0.2) is 12.7 Å². The Morgan fingerprint density at radius 3 is 1.86 bits per heavy atom. The summed E-state index contributed by atoms with van der Waals surface area (Å²) in [7, 11) is 0. The lowest BCUT2D eigenvalue weighted by Gasteiger charge is -2.15. The number of ether oxygens (including phenoxy) is 2. The highest BCUT2D eigenvalue weighted by atomic mass is 16.7. The Balaban J connectivity index is 3.23. The fourth-order valence-corrected chi connectivity index (χ4v) is 2.72. The average Bonchev–Trinajstić information content (AvgIpc) is 2.54. The largest absolute Gasteiger partial charge is 0.352 e. The Morgan fingerprint density at radius 1 is 0.818 bits per heavy atom. The van der Waals surface area contributed by atoms with E-state index in [0.29, 0.717) is 19.5 Å². The van der Waals surface area contributed by atoms with Gasteiger partial charge in [0, 0.05) is 0 Å². The summed E-state index contributed by atoms with van der Waals surface area (Å²) in [6.07, 6.45) is 19.8. The molecule has 2 heteroatoms. The zero-order chi connectivity index (χ0) is 16.3. The minimum atomic E-state index is 0.364.